The quantitative estimate of drug-likeness (QED) is 0.298. The highest BCUT2D eigenvalue weighted by atomic mass is 35.5. The Labute approximate surface area is 233 Å². The van der Waals surface area contributed by atoms with Gasteiger partial charge in [0.15, 0.2) is 0 Å². The van der Waals surface area contributed by atoms with Gasteiger partial charge in [0.1, 0.15) is 11.5 Å². The fourth-order valence-corrected chi connectivity index (χ4v) is 6.45. The van der Waals surface area contributed by atoms with Gasteiger partial charge in [-0.25, -0.2) is 0 Å². The van der Waals surface area contributed by atoms with Gasteiger partial charge in [0, 0.05) is 48.8 Å². The summed E-state index contributed by atoms with van der Waals surface area (Å²) in [6.07, 6.45) is 5.39. The van der Waals surface area contributed by atoms with Crippen LogP contribution in [0.3, 0.4) is 0 Å². The van der Waals surface area contributed by atoms with Crippen LogP contribution in [0.2, 0.25) is 5.02 Å². The van der Waals surface area contributed by atoms with Gasteiger partial charge in [-0.2, -0.15) is 0 Å². The number of ether oxygens (including phenoxy) is 2. The van der Waals surface area contributed by atoms with Gasteiger partial charge in [0.2, 0.25) is 5.56 Å². The molecule has 0 bridgehead atoms. The van der Waals surface area contributed by atoms with E-state index in [-0.39, 0.29) is 17.9 Å². The Bertz CT molecular complexity index is 1360. The van der Waals surface area contributed by atoms with Crippen LogP contribution < -0.4 is 15.6 Å². The lowest BCUT2D eigenvalue weighted by molar-refractivity contribution is -0.0875. The zero-order valence-corrected chi connectivity index (χ0v) is 23.4. The standard InChI is InChI=1S/C30H38ClN3O5/c1-38-21-15-30(16-21)8-11-34(12-9-30)10-7-19-14-27(39-2)20(13-24(19)31)17-32-18-26(36)22-3-5-25(35)29-23(22)4-6-28(37)33-29/h3-6,13-14,21,26,32,35-36H,7-12,15-18H2,1-2H3,(H,33,37). The SMILES string of the molecule is COc1cc(CCN2CCC3(CC2)CC(OC)C3)c(Cl)cc1CNCC(O)c1ccc(O)c2[nH]c(=O)ccc12. The molecule has 1 spiro atoms. The molecule has 1 aromatic heterocycles. The van der Waals surface area contributed by atoms with E-state index in [1.54, 1.807) is 19.2 Å². The van der Waals surface area contributed by atoms with Crippen LogP contribution in [0.4, 0.5) is 0 Å². The van der Waals surface area contributed by atoms with Gasteiger partial charge in [-0.15, -0.1) is 0 Å². The normalized spacial score (nSPS) is 18.4. The largest absolute Gasteiger partial charge is 0.506 e. The van der Waals surface area contributed by atoms with Crippen molar-refractivity contribution in [1.82, 2.24) is 15.2 Å². The molecular weight excluding hydrogens is 518 g/mol. The zero-order chi connectivity index (χ0) is 27.6. The number of fused-ring (bicyclic) bond motifs is 1. The lowest BCUT2D eigenvalue weighted by Gasteiger charge is -2.51. The third kappa shape index (κ3) is 6.10. The predicted octanol–water partition coefficient (Wildman–Crippen LogP) is 4.15. The minimum Gasteiger partial charge on any atom is -0.506 e. The molecule has 9 heteroatoms. The number of aromatic nitrogens is 1. The molecule has 2 heterocycles. The van der Waals surface area contributed by atoms with E-state index < -0.39 is 6.10 Å². The van der Waals surface area contributed by atoms with Gasteiger partial charge >= 0.3 is 0 Å². The summed E-state index contributed by atoms with van der Waals surface area (Å²) in [6.45, 7) is 3.96. The van der Waals surface area contributed by atoms with E-state index in [1.165, 1.54) is 37.8 Å². The fraction of sp³-hybridized carbons (Fsp3) is 0.500. The molecule has 2 aromatic carbocycles. The molecule has 4 N–H and O–H groups in total. The number of hydrogen-bond donors (Lipinski definition) is 4. The van der Waals surface area contributed by atoms with Gasteiger partial charge in [-0.05, 0) is 86.0 Å². The number of nitrogens with one attached hydrogen (secondary N) is 2. The van der Waals surface area contributed by atoms with Crippen molar-refractivity contribution in [2.45, 2.75) is 50.9 Å². The van der Waals surface area contributed by atoms with Gasteiger partial charge in [-0.3, -0.25) is 4.79 Å². The van der Waals surface area contributed by atoms with Gasteiger partial charge < -0.3 is 34.9 Å². The first kappa shape index (κ1) is 27.9. The van der Waals surface area contributed by atoms with E-state index in [1.807, 2.05) is 19.2 Å². The van der Waals surface area contributed by atoms with Crippen LogP contribution >= 0.6 is 11.6 Å². The van der Waals surface area contributed by atoms with Crippen LogP contribution in [0.15, 0.2) is 41.2 Å². The Morgan fingerprint density at radius 3 is 2.64 bits per heavy atom. The number of likely N-dealkylation sites (tertiary alicyclic amines) is 1. The summed E-state index contributed by atoms with van der Waals surface area (Å²) in [5.74, 6) is 0.732. The van der Waals surface area contributed by atoms with E-state index in [0.717, 1.165) is 48.0 Å². The number of pyridine rings is 1. The van der Waals surface area contributed by atoms with Crippen LogP contribution in [0.25, 0.3) is 10.9 Å². The molecule has 5 rings (SSSR count). The number of aliphatic hydroxyl groups excluding tert-OH is 1. The van der Waals surface area contributed by atoms with Gasteiger partial charge in [0.25, 0.3) is 0 Å². The van der Waals surface area contributed by atoms with Crippen LogP contribution in [-0.4, -0.2) is 66.6 Å². The molecule has 0 radical (unpaired) electrons. The minimum atomic E-state index is -0.844. The second-order valence-corrected chi connectivity index (χ2v) is 11.5. The zero-order valence-electron chi connectivity index (χ0n) is 22.6. The highest BCUT2D eigenvalue weighted by Gasteiger charge is 2.45. The molecule has 39 heavy (non-hydrogen) atoms. The van der Waals surface area contributed by atoms with E-state index in [4.69, 9.17) is 21.1 Å². The van der Waals surface area contributed by atoms with Crippen molar-refractivity contribution in [1.29, 1.82) is 0 Å². The maximum absolute atomic E-state index is 11.7. The minimum absolute atomic E-state index is 0.0335. The molecular formula is C30H38ClN3O5. The van der Waals surface area contributed by atoms with E-state index in [2.05, 4.69) is 15.2 Å². The van der Waals surface area contributed by atoms with Crippen molar-refractivity contribution in [3.63, 3.8) is 0 Å². The first-order valence-corrected chi connectivity index (χ1v) is 14.0. The average Bonchev–Trinajstić information content (AvgIpc) is 2.92. The third-order valence-corrected chi connectivity index (χ3v) is 8.99. The van der Waals surface area contributed by atoms with Crippen LogP contribution in [0, 0.1) is 5.41 Å². The Balaban J connectivity index is 1.16. The summed E-state index contributed by atoms with van der Waals surface area (Å²) < 4.78 is 11.2. The topological polar surface area (TPSA) is 107 Å². The third-order valence-electron chi connectivity index (χ3n) is 8.64. The van der Waals surface area contributed by atoms with Crippen LogP contribution in [-0.2, 0) is 17.7 Å². The first-order chi connectivity index (χ1) is 18.8. The highest BCUT2D eigenvalue weighted by molar-refractivity contribution is 6.31. The van der Waals surface area contributed by atoms with Crippen molar-refractivity contribution in [2.75, 3.05) is 40.4 Å². The number of phenolic OH excluding ortho intramolecular Hbond substituents is 1. The number of H-pyrrole nitrogens is 1. The second kappa shape index (κ2) is 11.9. The van der Waals surface area contributed by atoms with E-state index in [0.29, 0.717) is 34.5 Å². The number of aromatic hydroxyl groups is 1. The Kier molecular flexibility index (Phi) is 8.49. The van der Waals surface area contributed by atoms with Crippen molar-refractivity contribution in [2.24, 2.45) is 5.41 Å². The average molecular weight is 556 g/mol. The van der Waals surface area contributed by atoms with Crippen molar-refractivity contribution in [3.05, 3.63) is 68.5 Å². The van der Waals surface area contributed by atoms with Crippen molar-refractivity contribution < 1.29 is 19.7 Å². The highest BCUT2D eigenvalue weighted by Crippen LogP contribution is 2.50. The number of benzene rings is 2. The van der Waals surface area contributed by atoms with Crippen LogP contribution in [0.5, 0.6) is 11.5 Å². The number of aromatic amines is 1. The number of aliphatic hydroxyl groups is 1. The molecule has 8 nitrogen and oxygen atoms in total. The lowest BCUT2D eigenvalue weighted by atomic mass is 9.61. The molecule has 1 saturated carbocycles. The predicted molar refractivity (Wildman–Crippen MR) is 153 cm³/mol. The Hall–Kier alpha value is -2.62. The number of methoxy groups -OCH3 is 2. The van der Waals surface area contributed by atoms with Crippen molar-refractivity contribution in [3.8, 4) is 11.5 Å². The molecule has 1 aliphatic heterocycles. The number of rotatable bonds is 10. The van der Waals surface area contributed by atoms with Crippen LogP contribution in [0.1, 0.15) is 48.5 Å². The maximum atomic E-state index is 11.7. The number of piperidine rings is 1. The smallest absolute Gasteiger partial charge is 0.248 e. The Morgan fingerprint density at radius 1 is 1.15 bits per heavy atom. The number of nitrogens with zero attached hydrogens (tertiary/aromatic N) is 1. The molecule has 3 aromatic rings. The lowest BCUT2D eigenvalue weighted by Crippen LogP contribution is -2.49. The maximum Gasteiger partial charge on any atom is 0.248 e. The van der Waals surface area contributed by atoms with Gasteiger partial charge in [0.05, 0.1) is 24.8 Å². The number of hydrogen-bond acceptors (Lipinski definition) is 7. The summed E-state index contributed by atoms with van der Waals surface area (Å²) in [4.78, 5) is 16.8. The summed E-state index contributed by atoms with van der Waals surface area (Å²) in [6, 6.07) is 10.1. The molecule has 210 valence electrons. The van der Waals surface area contributed by atoms with Crippen molar-refractivity contribution >= 4 is 22.5 Å². The molecule has 2 fully saturated rings. The molecule has 0 amide bonds. The summed E-state index contributed by atoms with van der Waals surface area (Å²) in [7, 11) is 3.48. The molecule has 2 aliphatic rings. The monoisotopic (exact) mass is 555 g/mol. The molecule has 1 unspecified atom stereocenters. The molecule has 1 atom stereocenters. The Morgan fingerprint density at radius 2 is 1.92 bits per heavy atom. The summed E-state index contributed by atoms with van der Waals surface area (Å²) in [5.41, 5.74) is 3.12. The summed E-state index contributed by atoms with van der Waals surface area (Å²) in [5, 5.41) is 25.5. The molecule has 1 aliphatic carbocycles. The summed E-state index contributed by atoms with van der Waals surface area (Å²) >= 11 is 6.70. The van der Waals surface area contributed by atoms with E-state index in [9.17, 15) is 15.0 Å². The van der Waals surface area contributed by atoms with E-state index >= 15 is 0 Å². The molecule has 1 saturated heterocycles. The first-order valence-electron chi connectivity index (χ1n) is 13.6. The fourth-order valence-electron chi connectivity index (χ4n) is 6.17. The van der Waals surface area contributed by atoms with Gasteiger partial charge in [-0.1, -0.05) is 17.7 Å². The second-order valence-electron chi connectivity index (χ2n) is 11.0. The number of phenols is 1. The number of halogens is 1.